The van der Waals surface area contributed by atoms with Crippen molar-refractivity contribution in [1.82, 2.24) is 0 Å². The number of ether oxygens (including phenoxy) is 2. The molecule has 5 nitrogen and oxygen atoms in total. The van der Waals surface area contributed by atoms with Crippen molar-refractivity contribution in [1.29, 1.82) is 0 Å². The first-order chi connectivity index (χ1) is 11.8. The maximum absolute atomic E-state index is 12.9. The largest absolute Gasteiger partial charge is 0.462 e. The molecule has 0 radical (unpaired) electrons. The standard InChI is InChI=1S/C17H22F2O5S/c1-4-23-17(20)13-7-10(2)16-15(11(13)3)14(5-6-25(16,21)22)24-12(8-18)9-19/h7,12,14H,4-6,8-9H2,1-3H3. The van der Waals surface area contributed by atoms with Crippen molar-refractivity contribution < 1.29 is 31.5 Å². The Morgan fingerprint density at radius 2 is 1.96 bits per heavy atom. The first-order valence-corrected chi connectivity index (χ1v) is 9.73. The highest BCUT2D eigenvalue weighted by Gasteiger charge is 2.36. The molecule has 1 heterocycles. The van der Waals surface area contributed by atoms with Gasteiger partial charge in [-0.15, -0.1) is 0 Å². The lowest BCUT2D eigenvalue weighted by molar-refractivity contribution is -0.0399. The van der Waals surface area contributed by atoms with E-state index < -0.39 is 41.4 Å². The summed E-state index contributed by atoms with van der Waals surface area (Å²) in [5.41, 5.74) is 1.35. The van der Waals surface area contributed by atoms with Crippen molar-refractivity contribution in [3.63, 3.8) is 0 Å². The van der Waals surface area contributed by atoms with Gasteiger partial charge >= 0.3 is 5.97 Å². The Hall–Kier alpha value is -1.54. The molecule has 0 saturated heterocycles. The monoisotopic (exact) mass is 376 g/mol. The van der Waals surface area contributed by atoms with Crippen molar-refractivity contribution >= 4 is 15.8 Å². The topological polar surface area (TPSA) is 69.7 Å². The third-order valence-corrected chi connectivity index (χ3v) is 6.19. The fraction of sp³-hybridized carbons (Fsp3) is 0.588. The van der Waals surface area contributed by atoms with E-state index in [-0.39, 0.29) is 29.2 Å². The number of aryl methyl sites for hydroxylation is 1. The van der Waals surface area contributed by atoms with Gasteiger partial charge in [-0.05, 0) is 44.4 Å². The molecule has 0 N–H and O–H groups in total. The second-order valence-electron chi connectivity index (χ2n) is 5.99. The van der Waals surface area contributed by atoms with E-state index in [9.17, 15) is 22.0 Å². The van der Waals surface area contributed by atoms with E-state index in [1.807, 2.05) is 0 Å². The lowest BCUT2D eigenvalue weighted by Crippen LogP contribution is -2.29. The number of sulfone groups is 1. The molecule has 0 bridgehead atoms. The number of carbonyl (C=O) groups is 1. The summed E-state index contributed by atoms with van der Waals surface area (Å²) in [6, 6.07) is 1.48. The van der Waals surface area contributed by atoms with Crippen LogP contribution in [0.25, 0.3) is 0 Å². The molecule has 140 valence electrons. The van der Waals surface area contributed by atoms with E-state index in [4.69, 9.17) is 9.47 Å². The van der Waals surface area contributed by atoms with Crippen LogP contribution in [0.2, 0.25) is 0 Å². The minimum atomic E-state index is -3.55. The molecule has 8 heteroatoms. The van der Waals surface area contributed by atoms with Gasteiger partial charge in [-0.2, -0.15) is 0 Å². The van der Waals surface area contributed by atoms with Crippen LogP contribution in [0.15, 0.2) is 11.0 Å². The minimum Gasteiger partial charge on any atom is -0.462 e. The van der Waals surface area contributed by atoms with E-state index >= 15 is 0 Å². The van der Waals surface area contributed by atoms with Gasteiger partial charge in [0.05, 0.1) is 28.9 Å². The normalized spacial score (nSPS) is 18.9. The zero-order valence-corrected chi connectivity index (χ0v) is 15.3. The SMILES string of the molecule is CCOC(=O)c1cc(C)c2c(c1C)C(OC(CF)CF)CCS2(=O)=O. The molecule has 1 aromatic rings. The maximum Gasteiger partial charge on any atom is 0.338 e. The molecule has 1 aliphatic heterocycles. The maximum atomic E-state index is 12.9. The molecular weight excluding hydrogens is 354 g/mol. The number of hydrogen-bond donors (Lipinski definition) is 0. The van der Waals surface area contributed by atoms with Crippen LogP contribution in [0, 0.1) is 13.8 Å². The highest BCUT2D eigenvalue weighted by molar-refractivity contribution is 7.91. The van der Waals surface area contributed by atoms with Gasteiger partial charge in [0, 0.05) is 5.56 Å². The number of benzene rings is 1. The average Bonchev–Trinajstić information content (AvgIpc) is 2.56. The first kappa shape index (κ1) is 19.8. The minimum absolute atomic E-state index is 0.0817. The molecule has 1 aromatic carbocycles. The Labute approximate surface area is 146 Å². The Kier molecular flexibility index (Phi) is 6.16. The lowest BCUT2D eigenvalue weighted by atomic mass is 9.93. The van der Waals surface area contributed by atoms with Gasteiger partial charge in [0.1, 0.15) is 19.5 Å². The second-order valence-corrected chi connectivity index (χ2v) is 8.04. The highest BCUT2D eigenvalue weighted by atomic mass is 32.2. The van der Waals surface area contributed by atoms with Gasteiger partial charge in [0.25, 0.3) is 0 Å². The number of alkyl halides is 2. The average molecular weight is 376 g/mol. The molecule has 1 unspecified atom stereocenters. The second kappa shape index (κ2) is 7.78. The molecule has 0 saturated carbocycles. The van der Waals surface area contributed by atoms with Gasteiger partial charge in [-0.25, -0.2) is 22.0 Å². The van der Waals surface area contributed by atoms with Gasteiger partial charge < -0.3 is 9.47 Å². The molecular formula is C17H22F2O5S. The molecule has 1 aliphatic rings. The summed E-state index contributed by atoms with van der Waals surface area (Å²) < 4.78 is 61.2. The molecule has 0 spiro atoms. The van der Waals surface area contributed by atoms with E-state index in [2.05, 4.69) is 0 Å². The first-order valence-electron chi connectivity index (χ1n) is 8.08. The summed E-state index contributed by atoms with van der Waals surface area (Å²) in [5.74, 6) is -0.741. The van der Waals surface area contributed by atoms with E-state index in [1.165, 1.54) is 6.07 Å². The highest BCUT2D eigenvalue weighted by Crippen LogP contribution is 2.40. The summed E-state index contributed by atoms with van der Waals surface area (Å²) in [5, 5.41) is 0. The Balaban J connectivity index is 2.63. The van der Waals surface area contributed by atoms with Crippen LogP contribution in [0.3, 0.4) is 0 Å². The van der Waals surface area contributed by atoms with Crippen molar-refractivity contribution in [2.75, 3.05) is 25.7 Å². The third-order valence-electron chi connectivity index (χ3n) is 4.25. The summed E-state index contributed by atoms with van der Waals surface area (Å²) in [7, 11) is -3.55. The van der Waals surface area contributed by atoms with E-state index in [0.717, 1.165) is 0 Å². The molecule has 0 aliphatic carbocycles. The van der Waals surface area contributed by atoms with Crippen LogP contribution in [0.4, 0.5) is 8.78 Å². The Morgan fingerprint density at radius 3 is 2.52 bits per heavy atom. The Morgan fingerprint density at radius 1 is 1.32 bits per heavy atom. The number of rotatable bonds is 6. The number of halogens is 2. The van der Waals surface area contributed by atoms with Crippen LogP contribution in [-0.4, -0.2) is 46.2 Å². The summed E-state index contributed by atoms with van der Waals surface area (Å²) in [4.78, 5) is 12.3. The molecule has 0 amide bonds. The fourth-order valence-electron chi connectivity index (χ4n) is 3.13. The van der Waals surface area contributed by atoms with Crippen LogP contribution < -0.4 is 0 Å². The molecule has 0 aromatic heterocycles. The van der Waals surface area contributed by atoms with E-state index in [0.29, 0.717) is 16.7 Å². The number of fused-ring (bicyclic) bond motifs is 1. The van der Waals surface area contributed by atoms with Crippen molar-refractivity contribution in [2.24, 2.45) is 0 Å². The van der Waals surface area contributed by atoms with Crippen molar-refractivity contribution in [2.45, 2.75) is 44.3 Å². The van der Waals surface area contributed by atoms with Gasteiger partial charge in [-0.1, -0.05) is 0 Å². The van der Waals surface area contributed by atoms with Gasteiger partial charge in [0.15, 0.2) is 9.84 Å². The van der Waals surface area contributed by atoms with Crippen LogP contribution in [0.1, 0.15) is 46.5 Å². The summed E-state index contributed by atoms with van der Waals surface area (Å²) in [6.45, 7) is 3.01. The summed E-state index contributed by atoms with van der Waals surface area (Å²) in [6.07, 6.45) is -1.97. The predicted molar refractivity (Wildman–Crippen MR) is 88.1 cm³/mol. The van der Waals surface area contributed by atoms with E-state index in [1.54, 1.807) is 20.8 Å². The lowest BCUT2D eigenvalue weighted by Gasteiger charge is -2.31. The van der Waals surface area contributed by atoms with Crippen LogP contribution >= 0.6 is 0 Å². The van der Waals surface area contributed by atoms with Gasteiger partial charge in [-0.3, -0.25) is 0 Å². The van der Waals surface area contributed by atoms with Crippen molar-refractivity contribution in [3.8, 4) is 0 Å². The fourth-order valence-corrected chi connectivity index (χ4v) is 5.03. The third kappa shape index (κ3) is 3.84. The quantitative estimate of drug-likeness (QED) is 0.714. The van der Waals surface area contributed by atoms with Crippen molar-refractivity contribution in [3.05, 3.63) is 28.3 Å². The van der Waals surface area contributed by atoms with Crippen LogP contribution in [0.5, 0.6) is 0 Å². The molecule has 25 heavy (non-hydrogen) atoms. The number of carbonyl (C=O) groups excluding carboxylic acids is 1. The summed E-state index contributed by atoms with van der Waals surface area (Å²) >= 11 is 0. The smallest absolute Gasteiger partial charge is 0.338 e. The zero-order valence-electron chi connectivity index (χ0n) is 14.5. The number of esters is 1. The molecule has 2 rings (SSSR count). The predicted octanol–water partition coefficient (Wildman–Crippen LogP) is 3.02. The van der Waals surface area contributed by atoms with Crippen LogP contribution in [-0.2, 0) is 19.3 Å². The number of hydrogen-bond acceptors (Lipinski definition) is 5. The molecule has 1 atom stereocenters. The van der Waals surface area contributed by atoms with Gasteiger partial charge in [0.2, 0.25) is 0 Å². The zero-order chi connectivity index (χ0) is 18.8. The molecule has 0 fully saturated rings. The Bertz CT molecular complexity index is 757.